The number of anilines is 1. The molecule has 0 atom stereocenters. The van der Waals surface area contributed by atoms with Crippen LogP contribution >= 0.6 is 0 Å². The molecular formula is C21H22N4O2. The van der Waals surface area contributed by atoms with Gasteiger partial charge in [0.1, 0.15) is 23.2 Å². The van der Waals surface area contributed by atoms with Crippen molar-refractivity contribution in [3.8, 4) is 5.75 Å². The molecule has 6 heteroatoms. The normalized spacial score (nSPS) is 14.4. The number of nitrogens with zero attached hydrogens (tertiary/aromatic N) is 3. The summed E-state index contributed by atoms with van der Waals surface area (Å²) >= 11 is 0. The highest BCUT2D eigenvalue weighted by atomic mass is 16.5. The van der Waals surface area contributed by atoms with Crippen LogP contribution in [-0.4, -0.2) is 33.6 Å². The van der Waals surface area contributed by atoms with Gasteiger partial charge in [0.2, 0.25) is 0 Å². The van der Waals surface area contributed by atoms with Crippen LogP contribution in [-0.2, 0) is 7.05 Å². The number of hydrogen-bond acceptors (Lipinski definition) is 4. The Bertz CT molecular complexity index is 1030. The number of nitrogens with one attached hydrogen (secondary N) is 1. The van der Waals surface area contributed by atoms with Crippen LogP contribution in [0.5, 0.6) is 5.75 Å². The van der Waals surface area contributed by atoms with Gasteiger partial charge < -0.3 is 19.3 Å². The number of fused-ring (bicyclic) bond motifs is 1. The molecule has 2 N–H and O–H groups in total. The fraction of sp³-hybridized carbons (Fsp3) is 0.238. The van der Waals surface area contributed by atoms with Crippen LogP contribution in [0.3, 0.4) is 0 Å². The molecule has 27 heavy (non-hydrogen) atoms. The summed E-state index contributed by atoms with van der Waals surface area (Å²) in [6, 6.07) is 15.4. The molecule has 0 bridgehead atoms. The van der Waals surface area contributed by atoms with Gasteiger partial charge in [-0.2, -0.15) is 0 Å². The average Bonchev–Trinajstić information content (AvgIpc) is 3.17. The summed E-state index contributed by atoms with van der Waals surface area (Å²) in [5.41, 5.74) is 3.12. The van der Waals surface area contributed by atoms with E-state index < -0.39 is 0 Å². The van der Waals surface area contributed by atoms with E-state index in [2.05, 4.69) is 11.9 Å². The third-order valence-electron chi connectivity index (χ3n) is 4.74. The second kappa shape index (κ2) is 6.79. The number of ether oxygens (including phenoxy) is 1. The number of hydrogen-bond donors (Lipinski definition) is 2. The van der Waals surface area contributed by atoms with E-state index in [9.17, 15) is 5.11 Å². The van der Waals surface area contributed by atoms with E-state index in [4.69, 9.17) is 10.1 Å². The molecular weight excluding hydrogens is 340 g/mol. The summed E-state index contributed by atoms with van der Waals surface area (Å²) in [5.74, 6) is 1.81. The summed E-state index contributed by atoms with van der Waals surface area (Å²) < 4.78 is 7.53. The van der Waals surface area contributed by atoms with Gasteiger partial charge in [0.15, 0.2) is 0 Å². The second-order valence-corrected chi connectivity index (χ2v) is 6.58. The molecule has 1 aliphatic heterocycles. The molecule has 2 heterocycles. The van der Waals surface area contributed by atoms with Gasteiger partial charge >= 0.3 is 0 Å². The van der Waals surface area contributed by atoms with Crippen LogP contribution in [0.4, 0.5) is 5.69 Å². The van der Waals surface area contributed by atoms with E-state index in [1.807, 2.05) is 60.1 Å². The molecule has 0 aliphatic carbocycles. The van der Waals surface area contributed by atoms with Gasteiger partial charge in [0.25, 0.3) is 0 Å². The summed E-state index contributed by atoms with van der Waals surface area (Å²) in [7, 11) is 1.90. The van der Waals surface area contributed by atoms with E-state index in [0.717, 1.165) is 28.9 Å². The highest BCUT2D eigenvalue weighted by molar-refractivity contribution is 6.30. The van der Waals surface area contributed by atoms with Crippen molar-refractivity contribution in [2.45, 2.75) is 13.3 Å². The zero-order valence-corrected chi connectivity index (χ0v) is 15.4. The van der Waals surface area contributed by atoms with Crippen LogP contribution in [0.2, 0.25) is 0 Å². The molecule has 4 rings (SSSR count). The van der Waals surface area contributed by atoms with Crippen LogP contribution in [0.25, 0.3) is 16.6 Å². The third-order valence-corrected chi connectivity index (χ3v) is 4.74. The number of aryl methyl sites for hydroxylation is 1. The highest BCUT2D eigenvalue weighted by Crippen LogP contribution is 2.32. The van der Waals surface area contributed by atoms with Gasteiger partial charge in [-0.3, -0.25) is 5.41 Å². The number of imidazole rings is 1. The van der Waals surface area contributed by atoms with Gasteiger partial charge in [0, 0.05) is 12.7 Å². The fourth-order valence-corrected chi connectivity index (χ4v) is 3.35. The second-order valence-electron chi connectivity index (χ2n) is 6.58. The Hall–Kier alpha value is -3.28. The number of aromatic nitrogens is 2. The third kappa shape index (κ3) is 2.93. The smallest absolute Gasteiger partial charge is 0.148 e. The van der Waals surface area contributed by atoms with Gasteiger partial charge in [-0.1, -0.05) is 19.1 Å². The predicted octanol–water partition coefficient (Wildman–Crippen LogP) is 4.13. The van der Waals surface area contributed by atoms with Crippen molar-refractivity contribution in [1.29, 1.82) is 5.41 Å². The van der Waals surface area contributed by atoms with Crippen molar-refractivity contribution >= 4 is 28.1 Å². The number of amidine groups is 1. The Kier molecular flexibility index (Phi) is 4.32. The lowest BCUT2D eigenvalue weighted by molar-refractivity contribution is 0.317. The Labute approximate surface area is 157 Å². The summed E-state index contributed by atoms with van der Waals surface area (Å²) in [5, 5.41) is 19.2. The van der Waals surface area contributed by atoms with Gasteiger partial charge in [-0.25, -0.2) is 4.98 Å². The molecule has 2 aromatic carbocycles. The lowest BCUT2D eigenvalue weighted by Crippen LogP contribution is -2.26. The Balaban J connectivity index is 1.64. The summed E-state index contributed by atoms with van der Waals surface area (Å²) in [6.07, 6.45) is 0.956. The lowest BCUT2D eigenvalue weighted by Gasteiger charge is -2.19. The fourth-order valence-electron chi connectivity index (χ4n) is 3.35. The van der Waals surface area contributed by atoms with Crippen LogP contribution in [0.1, 0.15) is 19.2 Å². The van der Waals surface area contributed by atoms with Crippen molar-refractivity contribution in [1.82, 2.24) is 9.55 Å². The maximum Gasteiger partial charge on any atom is 0.148 e. The van der Waals surface area contributed by atoms with Crippen molar-refractivity contribution in [2.75, 3.05) is 18.1 Å². The van der Waals surface area contributed by atoms with E-state index in [-0.39, 0.29) is 18.1 Å². The molecule has 1 aliphatic rings. The zero-order chi connectivity index (χ0) is 19.0. The molecule has 0 saturated heterocycles. The molecule has 0 amide bonds. The van der Waals surface area contributed by atoms with Gasteiger partial charge in [-0.15, -0.1) is 0 Å². The maximum absolute atomic E-state index is 10.6. The number of aliphatic hydroxyl groups is 1. The van der Waals surface area contributed by atoms with Crippen molar-refractivity contribution in [3.63, 3.8) is 0 Å². The first kappa shape index (κ1) is 17.1. The Morgan fingerprint density at radius 1 is 1.15 bits per heavy atom. The first-order chi connectivity index (χ1) is 13.1. The molecule has 3 aromatic rings. The lowest BCUT2D eigenvalue weighted by atomic mass is 10.2. The summed E-state index contributed by atoms with van der Waals surface area (Å²) in [6.45, 7) is 3.00. The average molecular weight is 362 g/mol. The number of para-hydroxylation sites is 2. The maximum atomic E-state index is 10.6. The molecule has 6 nitrogen and oxygen atoms in total. The monoisotopic (exact) mass is 362 g/mol. The van der Waals surface area contributed by atoms with E-state index in [1.54, 1.807) is 4.90 Å². The molecule has 138 valence electrons. The molecule has 0 radical (unpaired) electrons. The van der Waals surface area contributed by atoms with Crippen molar-refractivity contribution in [3.05, 3.63) is 60.1 Å². The predicted molar refractivity (Wildman–Crippen MR) is 108 cm³/mol. The SMILES string of the molecule is CCCOc1ccc(N2CC(O)=C(c3nc4ccccc4n3C)C2=N)cc1. The minimum atomic E-state index is 0.157. The summed E-state index contributed by atoms with van der Waals surface area (Å²) in [4.78, 5) is 6.40. The number of aliphatic hydroxyl groups excluding tert-OH is 1. The van der Waals surface area contributed by atoms with Crippen LogP contribution < -0.4 is 9.64 Å². The standard InChI is InChI=1S/C21H22N4O2/c1-3-12-27-15-10-8-14(9-11-15)25-13-18(26)19(20(25)22)21-23-16-6-4-5-7-17(16)24(21)2/h4-11,22,26H,3,12-13H2,1-2H3. The largest absolute Gasteiger partial charge is 0.509 e. The Morgan fingerprint density at radius 3 is 2.59 bits per heavy atom. The molecule has 0 spiro atoms. The van der Waals surface area contributed by atoms with E-state index >= 15 is 0 Å². The minimum absolute atomic E-state index is 0.157. The van der Waals surface area contributed by atoms with Crippen LogP contribution in [0, 0.1) is 5.41 Å². The van der Waals surface area contributed by atoms with Crippen LogP contribution in [0.15, 0.2) is 54.3 Å². The minimum Gasteiger partial charge on any atom is -0.509 e. The highest BCUT2D eigenvalue weighted by Gasteiger charge is 2.32. The van der Waals surface area contributed by atoms with Gasteiger partial charge in [-0.05, 0) is 42.8 Å². The molecule has 0 unspecified atom stereocenters. The zero-order valence-electron chi connectivity index (χ0n) is 15.4. The van der Waals surface area contributed by atoms with E-state index in [1.165, 1.54) is 0 Å². The Morgan fingerprint density at radius 2 is 1.89 bits per heavy atom. The topological polar surface area (TPSA) is 74.4 Å². The van der Waals surface area contributed by atoms with Crippen molar-refractivity contribution in [2.24, 2.45) is 7.05 Å². The van der Waals surface area contributed by atoms with Gasteiger partial charge in [0.05, 0.1) is 29.8 Å². The van der Waals surface area contributed by atoms with E-state index in [0.29, 0.717) is 18.0 Å². The van der Waals surface area contributed by atoms with Crippen molar-refractivity contribution < 1.29 is 9.84 Å². The molecule has 1 aromatic heterocycles. The first-order valence-electron chi connectivity index (χ1n) is 9.03. The molecule has 0 saturated carbocycles. The number of benzene rings is 2. The first-order valence-corrected chi connectivity index (χ1v) is 9.03. The molecule has 0 fully saturated rings. The number of rotatable bonds is 5. The quantitative estimate of drug-likeness (QED) is 0.716.